The van der Waals surface area contributed by atoms with Gasteiger partial charge < -0.3 is 5.32 Å². The first-order chi connectivity index (χ1) is 7.79. The van der Waals surface area contributed by atoms with Crippen LogP contribution >= 0.6 is 0 Å². The van der Waals surface area contributed by atoms with E-state index in [2.05, 4.69) is 18.3 Å². The van der Waals surface area contributed by atoms with Crippen molar-refractivity contribution in [2.24, 2.45) is 0 Å². The van der Waals surface area contributed by atoms with Gasteiger partial charge in [-0.05, 0) is 49.4 Å². The minimum absolute atomic E-state index is 0.108. The van der Waals surface area contributed by atoms with E-state index in [1.165, 1.54) is 30.9 Å². The fourth-order valence-electron chi connectivity index (χ4n) is 2.73. The van der Waals surface area contributed by atoms with Crippen LogP contribution in [0.25, 0.3) is 0 Å². The molecule has 0 aromatic heterocycles. The lowest BCUT2D eigenvalue weighted by Gasteiger charge is -2.30. The topological polar surface area (TPSA) is 12.0 Å². The summed E-state index contributed by atoms with van der Waals surface area (Å²) >= 11 is 0. The van der Waals surface area contributed by atoms with Crippen molar-refractivity contribution in [2.45, 2.75) is 44.6 Å². The Morgan fingerprint density at radius 2 is 2.25 bits per heavy atom. The molecule has 0 heterocycles. The van der Waals surface area contributed by atoms with Gasteiger partial charge in [-0.2, -0.15) is 0 Å². The molecule has 0 saturated heterocycles. The van der Waals surface area contributed by atoms with E-state index in [9.17, 15) is 4.39 Å². The predicted molar refractivity (Wildman–Crippen MR) is 65.1 cm³/mol. The van der Waals surface area contributed by atoms with E-state index < -0.39 is 0 Å². The van der Waals surface area contributed by atoms with E-state index in [1.54, 1.807) is 6.07 Å². The van der Waals surface area contributed by atoms with Crippen molar-refractivity contribution in [2.75, 3.05) is 6.54 Å². The van der Waals surface area contributed by atoms with Crippen molar-refractivity contribution >= 4 is 0 Å². The van der Waals surface area contributed by atoms with Crippen molar-refractivity contribution in [1.29, 1.82) is 0 Å². The van der Waals surface area contributed by atoms with E-state index >= 15 is 0 Å². The lowest BCUT2D eigenvalue weighted by Crippen LogP contribution is -2.33. The van der Waals surface area contributed by atoms with Crippen molar-refractivity contribution in [3.8, 4) is 0 Å². The Labute approximate surface area is 97.1 Å². The summed E-state index contributed by atoms with van der Waals surface area (Å²) in [5.74, 6) is 0.427. The molecular weight excluding hydrogens is 201 g/mol. The van der Waals surface area contributed by atoms with Gasteiger partial charge in [0.25, 0.3) is 0 Å². The number of hydrogen-bond acceptors (Lipinski definition) is 1. The molecule has 1 nitrogen and oxygen atoms in total. The molecular formula is C14H20FN. The van der Waals surface area contributed by atoms with Gasteiger partial charge in [0.1, 0.15) is 5.82 Å². The third-order valence-electron chi connectivity index (χ3n) is 3.49. The number of halogens is 1. The highest BCUT2D eigenvalue weighted by Gasteiger charge is 2.22. The smallest absolute Gasteiger partial charge is 0.123 e. The SMILES string of the molecule is CCNC1CCCC(c2cccc(F)c2)C1. The Morgan fingerprint density at radius 1 is 1.38 bits per heavy atom. The fourth-order valence-corrected chi connectivity index (χ4v) is 2.73. The van der Waals surface area contributed by atoms with E-state index in [0.29, 0.717) is 12.0 Å². The third kappa shape index (κ3) is 2.82. The van der Waals surface area contributed by atoms with Crippen LogP contribution in [0.4, 0.5) is 4.39 Å². The molecule has 2 heteroatoms. The van der Waals surface area contributed by atoms with Gasteiger partial charge in [0.05, 0.1) is 0 Å². The molecule has 1 aromatic rings. The molecule has 16 heavy (non-hydrogen) atoms. The minimum atomic E-state index is -0.108. The second kappa shape index (κ2) is 5.44. The van der Waals surface area contributed by atoms with Crippen molar-refractivity contribution in [1.82, 2.24) is 5.32 Å². The Kier molecular flexibility index (Phi) is 3.94. The van der Waals surface area contributed by atoms with Gasteiger partial charge in [-0.3, -0.25) is 0 Å². The molecule has 1 aliphatic carbocycles. The first kappa shape index (κ1) is 11.6. The van der Waals surface area contributed by atoms with Crippen molar-refractivity contribution in [3.05, 3.63) is 35.6 Å². The molecule has 2 rings (SSSR count). The lowest BCUT2D eigenvalue weighted by atomic mass is 9.81. The summed E-state index contributed by atoms with van der Waals surface area (Å²) in [5.41, 5.74) is 1.17. The molecule has 0 aliphatic heterocycles. The summed E-state index contributed by atoms with van der Waals surface area (Å²) in [7, 11) is 0. The van der Waals surface area contributed by atoms with Crippen LogP contribution in [0, 0.1) is 5.82 Å². The zero-order valence-corrected chi connectivity index (χ0v) is 9.88. The summed E-state index contributed by atoms with van der Waals surface area (Å²) in [6, 6.07) is 7.71. The highest BCUT2D eigenvalue weighted by molar-refractivity contribution is 5.21. The van der Waals surface area contributed by atoms with Crippen LogP contribution in [-0.2, 0) is 0 Å². The van der Waals surface area contributed by atoms with Crippen LogP contribution in [0.3, 0.4) is 0 Å². The van der Waals surface area contributed by atoms with E-state index in [0.717, 1.165) is 13.0 Å². The summed E-state index contributed by atoms with van der Waals surface area (Å²) in [6.07, 6.45) is 4.86. The van der Waals surface area contributed by atoms with Crippen molar-refractivity contribution < 1.29 is 4.39 Å². The minimum Gasteiger partial charge on any atom is -0.314 e. The van der Waals surface area contributed by atoms with Crippen LogP contribution in [0.1, 0.15) is 44.1 Å². The summed E-state index contributed by atoms with van der Waals surface area (Å²) in [4.78, 5) is 0. The molecule has 0 bridgehead atoms. The first-order valence-electron chi connectivity index (χ1n) is 6.28. The normalized spacial score (nSPS) is 25.6. The van der Waals surface area contributed by atoms with Gasteiger partial charge in [-0.25, -0.2) is 4.39 Å². The van der Waals surface area contributed by atoms with Crippen LogP contribution in [0.15, 0.2) is 24.3 Å². The molecule has 0 spiro atoms. The maximum Gasteiger partial charge on any atom is 0.123 e. The maximum atomic E-state index is 13.2. The second-order valence-electron chi connectivity index (χ2n) is 4.67. The predicted octanol–water partition coefficient (Wildman–Crippen LogP) is 3.46. The number of hydrogen-bond donors (Lipinski definition) is 1. The molecule has 2 atom stereocenters. The van der Waals surface area contributed by atoms with Crippen LogP contribution in [0.2, 0.25) is 0 Å². The summed E-state index contributed by atoms with van der Waals surface area (Å²) in [5, 5.41) is 3.51. The molecule has 1 aromatic carbocycles. The van der Waals surface area contributed by atoms with Crippen LogP contribution < -0.4 is 5.32 Å². The van der Waals surface area contributed by atoms with Gasteiger partial charge in [0, 0.05) is 6.04 Å². The zero-order valence-electron chi connectivity index (χ0n) is 9.88. The Morgan fingerprint density at radius 3 is 3.00 bits per heavy atom. The monoisotopic (exact) mass is 221 g/mol. The fraction of sp³-hybridized carbons (Fsp3) is 0.571. The van der Waals surface area contributed by atoms with Gasteiger partial charge >= 0.3 is 0 Å². The molecule has 1 fully saturated rings. The van der Waals surface area contributed by atoms with E-state index in [4.69, 9.17) is 0 Å². The molecule has 2 unspecified atom stereocenters. The lowest BCUT2D eigenvalue weighted by molar-refractivity contribution is 0.344. The van der Waals surface area contributed by atoms with E-state index in [1.807, 2.05) is 6.07 Å². The highest BCUT2D eigenvalue weighted by atomic mass is 19.1. The van der Waals surface area contributed by atoms with Gasteiger partial charge in [0.2, 0.25) is 0 Å². The molecule has 1 aliphatic rings. The molecule has 1 saturated carbocycles. The zero-order chi connectivity index (χ0) is 11.4. The Bertz CT molecular complexity index is 335. The standard InChI is InChI=1S/C14H20FN/c1-2-16-14-8-4-6-12(10-14)11-5-3-7-13(15)9-11/h3,5,7,9,12,14,16H,2,4,6,8,10H2,1H3. The Balaban J connectivity index is 2.03. The molecule has 88 valence electrons. The van der Waals surface area contributed by atoms with E-state index in [-0.39, 0.29) is 5.82 Å². The third-order valence-corrected chi connectivity index (χ3v) is 3.49. The van der Waals surface area contributed by atoms with Crippen LogP contribution in [-0.4, -0.2) is 12.6 Å². The van der Waals surface area contributed by atoms with Crippen LogP contribution in [0.5, 0.6) is 0 Å². The number of nitrogens with one attached hydrogen (secondary N) is 1. The molecule has 0 amide bonds. The van der Waals surface area contributed by atoms with Gasteiger partial charge in [-0.15, -0.1) is 0 Å². The largest absolute Gasteiger partial charge is 0.314 e. The van der Waals surface area contributed by atoms with Gasteiger partial charge in [-0.1, -0.05) is 25.5 Å². The number of rotatable bonds is 3. The Hall–Kier alpha value is -0.890. The van der Waals surface area contributed by atoms with Gasteiger partial charge in [0.15, 0.2) is 0 Å². The van der Waals surface area contributed by atoms with Crippen molar-refractivity contribution in [3.63, 3.8) is 0 Å². The average molecular weight is 221 g/mol. The number of benzene rings is 1. The quantitative estimate of drug-likeness (QED) is 0.824. The second-order valence-corrected chi connectivity index (χ2v) is 4.67. The highest BCUT2D eigenvalue weighted by Crippen LogP contribution is 2.32. The first-order valence-corrected chi connectivity index (χ1v) is 6.28. The maximum absolute atomic E-state index is 13.2. The molecule has 0 radical (unpaired) electrons. The summed E-state index contributed by atoms with van der Waals surface area (Å²) < 4.78 is 13.2. The molecule has 1 N–H and O–H groups in total. The summed E-state index contributed by atoms with van der Waals surface area (Å²) in [6.45, 7) is 3.17. The average Bonchev–Trinajstić information content (AvgIpc) is 2.30.